The van der Waals surface area contributed by atoms with E-state index in [0.29, 0.717) is 0 Å². The number of dihydropyridines is 1. The molecule has 0 fully saturated rings. The van der Waals surface area contributed by atoms with Crippen LogP contribution in [0.5, 0.6) is 0 Å². The molecule has 1 aliphatic rings. The van der Waals surface area contributed by atoms with Gasteiger partial charge in [-0.05, 0) is 23.8 Å². The highest BCUT2D eigenvalue weighted by Crippen LogP contribution is 2.32. The summed E-state index contributed by atoms with van der Waals surface area (Å²) in [7, 11) is 0. The number of rotatable bonds is 1. The number of nitrogens with two attached hydrogens (primary N) is 1. The normalized spacial score (nSPS) is 27.0. The largest absolute Gasteiger partial charge is 0.374 e. The van der Waals surface area contributed by atoms with Crippen molar-refractivity contribution in [2.75, 3.05) is 0 Å². The monoisotopic (exact) mass is 180 g/mol. The Hall–Kier alpha value is -1.25. The van der Waals surface area contributed by atoms with Gasteiger partial charge < -0.3 is 11.1 Å². The minimum absolute atomic E-state index is 0.236. The molecule has 3 heteroatoms. The van der Waals surface area contributed by atoms with Crippen molar-refractivity contribution in [2.45, 2.75) is 26.3 Å². The van der Waals surface area contributed by atoms with Crippen LogP contribution in [0.1, 0.15) is 20.8 Å². The van der Waals surface area contributed by atoms with Crippen molar-refractivity contribution >= 4 is 5.91 Å². The second-order valence-corrected chi connectivity index (χ2v) is 4.28. The lowest BCUT2D eigenvalue weighted by Crippen LogP contribution is -2.60. The summed E-state index contributed by atoms with van der Waals surface area (Å²) < 4.78 is 0. The van der Waals surface area contributed by atoms with Crippen LogP contribution in [-0.4, -0.2) is 11.4 Å². The van der Waals surface area contributed by atoms with Crippen LogP contribution >= 0.6 is 0 Å². The van der Waals surface area contributed by atoms with Gasteiger partial charge in [0, 0.05) is 0 Å². The number of carbonyl (C=O) groups excluding carboxylic acids is 1. The molecule has 0 saturated carbocycles. The Morgan fingerprint density at radius 2 is 2.00 bits per heavy atom. The summed E-state index contributed by atoms with van der Waals surface area (Å²) in [5.41, 5.74) is 4.40. The Labute approximate surface area is 78.7 Å². The first kappa shape index (κ1) is 9.84. The van der Waals surface area contributed by atoms with Gasteiger partial charge in [-0.3, -0.25) is 4.79 Å². The molecule has 0 aromatic carbocycles. The van der Waals surface area contributed by atoms with Crippen LogP contribution in [0, 0.1) is 5.41 Å². The average molecular weight is 180 g/mol. The first-order valence-corrected chi connectivity index (χ1v) is 4.32. The summed E-state index contributed by atoms with van der Waals surface area (Å²) in [6.45, 7) is 5.94. The van der Waals surface area contributed by atoms with Gasteiger partial charge in [0.25, 0.3) is 0 Å². The maximum Gasteiger partial charge on any atom is 0.247 e. The third-order valence-corrected chi connectivity index (χ3v) is 2.44. The minimum atomic E-state index is -0.762. The summed E-state index contributed by atoms with van der Waals surface area (Å²) in [5.74, 6) is -0.347. The molecule has 1 rings (SSSR count). The Kier molecular flexibility index (Phi) is 2.20. The molecule has 0 saturated heterocycles. The van der Waals surface area contributed by atoms with E-state index in [9.17, 15) is 4.79 Å². The molecule has 3 nitrogen and oxygen atoms in total. The van der Waals surface area contributed by atoms with E-state index in [4.69, 9.17) is 5.73 Å². The van der Waals surface area contributed by atoms with E-state index < -0.39 is 5.54 Å². The van der Waals surface area contributed by atoms with Crippen molar-refractivity contribution in [3.8, 4) is 0 Å². The molecular weight excluding hydrogens is 164 g/mol. The van der Waals surface area contributed by atoms with Gasteiger partial charge in [0.05, 0.1) is 0 Å². The maximum atomic E-state index is 11.4. The predicted octanol–water partition coefficient (Wildman–Crippen LogP) is 0.930. The Bertz CT molecular complexity index is 273. The van der Waals surface area contributed by atoms with Gasteiger partial charge in [-0.15, -0.1) is 0 Å². The highest BCUT2D eigenvalue weighted by molar-refractivity contribution is 5.88. The second kappa shape index (κ2) is 2.91. The molecular formula is C10H16N2O. The molecule has 1 amide bonds. The Morgan fingerprint density at radius 1 is 1.38 bits per heavy atom. The smallest absolute Gasteiger partial charge is 0.247 e. The van der Waals surface area contributed by atoms with E-state index in [1.165, 1.54) is 0 Å². The van der Waals surface area contributed by atoms with Crippen LogP contribution in [0.25, 0.3) is 0 Å². The highest BCUT2D eigenvalue weighted by atomic mass is 16.1. The van der Waals surface area contributed by atoms with E-state index in [2.05, 4.69) is 5.32 Å². The van der Waals surface area contributed by atoms with Gasteiger partial charge >= 0.3 is 0 Å². The molecule has 72 valence electrons. The SMILES string of the molecule is CC(C)(C)C1(C(N)=O)C=CC=CN1. The number of allylic oxidation sites excluding steroid dienone is 2. The molecule has 1 unspecified atom stereocenters. The Morgan fingerprint density at radius 3 is 2.23 bits per heavy atom. The van der Waals surface area contributed by atoms with Crippen molar-refractivity contribution in [3.63, 3.8) is 0 Å². The predicted molar refractivity (Wildman–Crippen MR) is 52.8 cm³/mol. The van der Waals surface area contributed by atoms with E-state index in [1.54, 1.807) is 6.20 Å². The van der Waals surface area contributed by atoms with Crippen LogP contribution in [0.15, 0.2) is 24.4 Å². The summed E-state index contributed by atoms with van der Waals surface area (Å²) in [6, 6.07) is 0. The molecule has 1 heterocycles. The molecule has 0 radical (unpaired) electrons. The van der Waals surface area contributed by atoms with Gasteiger partial charge in [-0.2, -0.15) is 0 Å². The first-order valence-electron chi connectivity index (χ1n) is 4.32. The average Bonchev–Trinajstić information content (AvgIpc) is 2.03. The van der Waals surface area contributed by atoms with Crippen LogP contribution in [0.3, 0.4) is 0 Å². The molecule has 3 N–H and O–H groups in total. The highest BCUT2D eigenvalue weighted by Gasteiger charge is 2.44. The van der Waals surface area contributed by atoms with Gasteiger partial charge in [0.1, 0.15) is 5.54 Å². The van der Waals surface area contributed by atoms with Gasteiger partial charge in [0.15, 0.2) is 0 Å². The van der Waals surface area contributed by atoms with E-state index in [1.807, 2.05) is 39.0 Å². The summed E-state index contributed by atoms with van der Waals surface area (Å²) in [5, 5.41) is 3.03. The Balaban J connectivity index is 3.10. The number of carbonyl (C=O) groups is 1. The van der Waals surface area contributed by atoms with Gasteiger partial charge in [-0.1, -0.05) is 26.8 Å². The molecule has 0 bridgehead atoms. The zero-order chi connectivity index (χ0) is 10.1. The van der Waals surface area contributed by atoms with Crippen molar-refractivity contribution in [1.82, 2.24) is 5.32 Å². The number of hydrogen-bond donors (Lipinski definition) is 2. The summed E-state index contributed by atoms with van der Waals surface area (Å²) in [6.07, 6.45) is 7.24. The van der Waals surface area contributed by atoms with Crippen LogP contribution in [0.2, 0.25) is 0 Å². The molecule has 0 aliphatic carbocycles. The molecule has 0 aromatic heterocycles. The lowest BCUT2D eigenvalue weighted by atomic mass is 9.72. The van der Waals surface area contributed by atoms with Gasteiger partial charge in [0.2, 0.25) is 5.91 Å². The number of amides is 1. The minimum Gasteiger partial charge on any atom is -0.374 e. The third-order valence-electron chi connectivity index (χ3n) is 2.44. The fraction of sp³-hybridized carbons (Fsp3) is 0.500. The lowest BCUT2D eigenvalue weighted by Gasteiger charge is -2.41. The van der Waals surface area contributed by atoms with Crippen molar-refractivity contribution in [2.24, 2.45) is 11.1 Å². The number of hydrogen-bond acceptors (Lipinski definition) is 2. The lowest BCUT2D eigenvalue weighted by molar-refractivity contribution is -0.125. The molecule has 1 aliphatic heterocycles. The number of primary amides is 1. The maximum absolute atomic E-state index is 11.4. The van der Waals surface area contributed by atoms with Crippen LogP contribution < -0.4 is 11.1 Å². The topological polar surface area (TPSA) is 55.1 Å². The fourth-order valence-corrected chi connectivity index (χ4v) is 1.47. The molecule has 13 heavy (non-hydrogen) atoms. The second-order valence-electron chi connectivity index (χ2n) is 4.28. The van der Waals surface area contributed by atoms with Crippen molar-refractivity contribution in [3.05, 3.63) is 24.4 Å². The first-order chi connectivity index (χ1) is 5.90. The zero-order valence-corrected chi connectivity index (χ0v) is 8.29. The van der Waals surface area contributed by atoms with Crippen molar-refractivity contribution < 1.29 is 4.79 Å². The summed E-state index contributed by atoms with van der Waals surface area (Å²) in [4.78, 5) is 11.4. The summed E-state index contributed by atoms with van der Waals surface area (Å²) >= 11 is 0. The zero-order valence-electron chi connectivity index (χ0n) is 8.29. The standard InChI is InChI=1S/C10H16N2O/c1-9(2,3)10(8(11)13)6-4-5-7-12-10/h4-7,12H,1-3H3,(H2,11,13). The van der Waals surface area contributed by atoms with Crippen LogP contribution in [0.4, 0.5) is 0 Å². The molecule has 1 atom stereocenters. The number of nitrogens with one attached hydrogen (secondary N) is 1. The van der Waals surface area contributed by atoms with Crippen LogP contribution in [-0.2, 0) is 4.79 Å². The molecule has 0 spiro atoms. The quantitative estimate of drug-likeness (QED) is 0.630. The van der Waals surface area contributed by atoms with E-state index in [0.717, 1.165) is 0 Å². The van der Waals surface area contributed by atoms with Gasteiger partial charge in [-0.25, -0.2) is 0 Å². The van der Waals surface area contributed by atoms with Crippen molar-refractivity contribution in [1.29, 1.82) is 0 Å². The van der Waals surface area contributed by atoms with E-state index in [-0.39, 0.29) is 11.3 Å². The fourth-order valence-electron chi connectivity index (χ4n) is 1.47. The molecule has 0 aromatic rings. The third kappa shape index (κ3) is 1.46. The van der Waals surface area contributed by atoms with E-state index >= 15 is 0 Å².